The predicted molar refractivity (Wildman–Crippen MR) is 85.7 cm³/mol. The summed E-state index contributed by atoms with van der Waals surface area (Å²) in [7, 11) is 1.71. The quantitative estimate of drug-likeness (QED) is 0.913. The summed E-state index contributed by atoms with van der Waals surface area (Å²) in [5, 5.41) is 3.73. The van der Waals surface area contributed by atoms with Crippen LogP contribution >= 0.6 is 0 Å². The maximum absolute atomic E-state index is 5.26. The van der Waals surface area contributed by atoms with E-state index in [0.717, 1.165) is 25.3 Å². The van der Waals surface area contributed by atoms with E-state index in [4.69, 9.17) is 4.74 Å². The molecule has 1 fully saturated rings. The van der Waals surface area contributed by atoms with Gasteiger partial charge in [0.05, 0.1) is 7.11 Å². The van der Waals surface area contributed by atoms with Crippen LogP contribution in [0.1, 0.15) is 34.1 Å². The molecule has 20 heavy (non-hydrogen) atoms. The molecule has 0 saturated carbocycles. The molecule has 1 N–H and O–H groups in total. The van der Waals surface area contributed by atoms with Crippen molar-refractivity contribution in [3.63, 3.8) is 0 Å². The van der Waals surface area contributed by atoms with E-state index in [1.807, 2.05) is 0 Å². The van der Waals surface area contributed by atoms with Gasteiger partial charge in [0.1, 0.15) is 5.75 Å². The largest absolute Gasteiger partial charge is 0.497 e. The van der Waals surface area contributed by atoms with E-state index in [-0.39, 0.29) is 5.54 Å². The lowest BCUT2D eigenvalue weighted by atomic mass is 9.89. The molecule has 0 bridgehead atoms. The molecule has 1 aromatic carbocycles. The third kappa shape index (κ3) is 3.09. The van der Waals surface area contributed by atoms with Crippen molar-refractivity contribution in [3.8, 4) is 5.75 Å². The molecule has 3 nitrogen and oxygen atoms in total. The summed E-state index contributed by atoms with van der Waals surface area (Å²) < 4.78 is 5.26. The zero-order valence-electron chi connectivity index (χ0n) is 13.4. The SMILES string of the molecule is CCC1(C)CN(c2ccc(OC)cc2)C(C(C)C)CN1. The van der Waals surface area contributed by atoms with Crippen molar-refractivity contribution in [1.82, 2.24) is 5.32 Å². The van der Waals surface area contributed by atoms with Crippen LogP contribution < -0.4 is 15.0 Å². The second-order valence-electron chi connectivity index (χ2n) is 6.43. The van der Waals surface area contributed by atoms with Crippen LogP contribution in [0.25, 0.3) is 0 Å². The smallest absolute Gasteiger partial charge is 0.119 e. The summed E-state index contributed by atoms with van der Waals surface area (Å²) in [6.07, 6.45) is 1.14. The number of nitrogens with one attached hydrogen (secondary N) is 1. The molecular formula is C17H28N2O. The fourth-order valence-electron chi connectivity index (χ4n) is 2.90. The number of piperazine rings is 1. The van der Waals surface area contributed by atoms with Crippen LogP contribution in [0.5, 0.6) is 5.75 Å². The van der Waals surface area contributed by atoms with Crippen LogP contribution in [0.2, 0.25) is 0 Å². The van der Waals surface area contributed by atoms with Gasteiger partial charge in [0, 0.05) is 30.4 Å². The number of benzene rings is 1. The van der Waals surface area contributed by atoms with E-state index >= 15 is 0 Å². The molecule has 1 heterocycles. The van der Waals surface area contributed by atoms with Gasteiger partial charge in [0.2, 0.25) is 0 Å². The Balaban J connectivity index is 2.26. The first-order valence-corrected chi connectivity index (χ1v) is 7.65. The highest BCUT2D eigenvalue weighted by molar-refractivity contribution is 5.51. The lowest BCUT2D eigenvalue weighted by molar-refractivity contribution is 0.253. The molecular weight excluding hydrogens is 248 g/mol. The molecule has 0 radical (unpaired) electrons. The first-order chi connectivity index (χ1) is 9.49. The van der Waals surface area contributed by atoms with Crippen LogP contribution in [0.4, 0.5) is 5.69 Å². The Kier molecular flexibility index (Phi) is 4.59. The number of nitrogens with zero attached hydrogens (tertiary/aromatic N) is 1. The highest BCUT2D eigenvalue weighted by atomic mass is 16.5. The van der Waals surface area contributed by atoms with Gasteiger partial charge in [0.25, 0.3) is 0 Å². The van der Waals surface area contributed by atoms with E-state index < -0.39 is 0 Å². The zero-order chi connectivity index (χ0) is 14.8. The maximum Gasteiger partial charge on any atom is 0.119 e. The average molecular weight is 276 g/mol. The summed E-state index contributed by atoms with van der Waals surface area (Å²) in [5.74, 6) is 1.55. The molecule has 2 rings (SSSR count). The minimum Gasteiger partial charge on any atom is -0.497 e. The molecule has 1 saturated heterocycles. The first-order valence-electron chi connectivity index (χ1n) is 7.65. The number of anilines is 1. The lowest BCUT2D eigenvalue weighted by Crippen LogP contribution is -2.64. The topological polar surface area (TPSA) is 24.5 Å². The number of hydrogen-bond acceptors (Lipinski definition) is 3. The van der Waals surface area contributed by atoms with Crippen LogP contribution in [-0.2, 0) is 0 Å². The highest BCUT2D eigenvalue weighted by Crippen LogP contribution is 2.29. The molecule has 3 heteroatoms. The Morgan fingerprint density at radius 2 is 2.00 bits per heavy atom. The van der Waals surface area contributed by atoms with Crippen molar-refractivity contribution in [3.05, 3.63) is 24.3 Å². The van der Waals surface area contributed by atoms with Crippen molar-refractivity contribution < 1.29 is 4.74 Å². The number of hydrogen-bond donors (Lipinski definition) is 1. The zero-order valence-corrected chi connectivity index (χ0v) is 13.4. The van der Waals surface area contributed by atoms with Gasteiger partial charge in [-0.15, -0.1) is 0 Å². The Bertz CT molecular complexity index is 429. The Morgan fingerprint density at radius 3 is 2.50 bits per heavy atom. The van der Waals surface area contributed by atoms with Gasteiger partial charge < -0.3 is 15.0 Å². The van der Waals surface area contributed by atoms with E-state index in [0.29, 0.717) is 12.0 Å². The molecule has 1 aromatic rings. The third-order valence-electron chi connectivity index (χ3n) is 4.61. The van der Waals surface area contributed by atoms with Crippen LogP contribution in [0.3, 0.4) is 0 Å². The average Bonchev–Trinajstić information content (AvgIpc) is 2.47. The number of ether oxygens (including phenoxy) is 1. The molecule has 2 unspecified atom stereocenters. The summed E-state index contributed by atoms with van der Waals surface area (Å²) in [4.78, 5) is 2.56. The minimum atomic E-state index is 0.200. The number of methoxy groups -OCH3 is 1. The highest BCUT2D eigenvalue weighted by Gasteiger charge is 2.35. The van der Waals surface area contributed by atoms with Crippen LogP contribution in [0.15, 0.2) is 24.3 Å². The summed E-state index contributed by atoms with van der Waals surface area (Å²) >= 11 is 0. The van der Waals surface area contributed by atoms with Gasteiger partial charge in [-0.2, -0.15) is 0 Å². The van der Waals surface area contributed by atoms with Gasteiger partial charge in [0.15, 0.2) is 0 Å². The summed E-state index contributed by atoms with van der Waals surface area (Å²) in [5.41, 5.74) is 1.50. The molecule has 0 amide bonds. The Hall–Kier alpha value is -1.22. The van der Waals surface area contributed by atoms with Crippen LogP contribution in [0, 0.1) is 5.92 Å². The monoisotopic (exact) mass is 276 g/mol. The van der Waals surface area contributed by atoms with Crippen molar-refractivity contribution in [2.24, 2.45) is 5.92 Å². The van der Waals surface area contributed by atoms with Gasteiger partial charge in [-0.3, -0.25) is 0 Å². The van der Waals surface area contributed by atoms with Gasteiger partial charge in [-0.05, 0) is 43.5 Å². The first kappa shape index (κ1) is 15.2. The third-order valence-corrected chi connectivity index (χ3v) is 4.61. The lowest BCUT2D eigenvalue weighted by Gasteiger charge is -2.48. The van der Waals surface area contributed by atoms with Crippen molar-refractivity contribution in [1.29, 1.82) is 0 Å². The van der Waals surface area contributed by atoms with E-state index in [1.165, 1.54) is 5.69 Å². The van der Waals surface area contributed by atoms with Gasteiger partial charge in [-0.25, -0.2) is 0 Å². The molecule has 0 aliphatic carbocycles. The van der Waals surface area contributed by atoms with E-state index in [2.05, 4.69) is 62.2 Å². The van der Waals surface area contributed by atoms with E-state index in [9.17, 15) is 0 Å². The molecule has 0 aromatic heterocycles. The second-order valence-corrected chi connectivity index (χ2v) is 6.43. The van der Waals surface area contributed by atoms with Crippen molar-refractivity contribution >= 4 is 5.69 Å². The van der Waals surface area contributed by atoms with Gasteiger partial charge >= 0.3 is 0 Å². The Morgan fingerprint density at radius 1 is 1.35 bits per heavy atom. The van der Waals surface area contributed by atoms with Crippen LogP contribution in [-0.4, -0.2) is 31.8 Å². The molecule has 0 spiro atoms. The fourth-order valence-corrected chi connectivity index (χ4v) is 2.90. The molecule has 112 valence electrons. The molecule has 1 aliphatic heterocycles. The number of rotatable bonds is 4. The van der Waals surface area contributed by atoms with Gasteiger partial charge in [-0.1, -0.05) is 20.8 Å². The molecule has 2 atom stereocenters. The normalized spacial score (nSPS) is 26.9. The van der Waals surface area contributed by atoms with Crippen molar-refractivity contribution in [2.75, 3.05) is 25.1 Å². The standard InChI is InChI=1S/C17H28N2O/c1-6-17(4)12-19(16(11-18-17)13(2)3)14-7-9-15(20-5)10-8-14/h7-10,13,16,18H,6,11-12H2,1-5H3. The van der Waals surface area contributed by atoms with Crippen molar-refractivity contribution in [2.45, 2.75) is 45.7 Å². The fraction of sp³-hybridized carbons (Fsp3) is 0.647. The minimum absolute atomic E-state index is 0.200. The summed E-state index contributed by atoms with van der Waals surface area (Å²) in [6.45, 7) is 11.3. The second kappa shape index (κ2) is 6.04. The van der Waals surface area contributed by atoms with E-state index in [1.54, 1.807) is 7.11 Å². The maximum atomic E-state index is 5.26. The summed E-state index contributed by atoms with van der Waals surface area (Å²) in [6, 6.07) is 9.00. The predicted octanol–water partition coefficient (Wildman–Crippen LogP) is 3.30. The molecule has 1 aliphatic rings. The Labute approximate surface area is 123 Å².